The van der Waals surface area contributed by atoms with Gasteiger partial charge in [-0.25, -0.2) is 14.4 Å². The zero-order valence-corrected chi connectivity index (χ0v) is 24.0. The molecule has 1 aliphatic rings. The van der Waals surface area contributed by atoms with Gasteiger partial charge in [0.15, 0.2) is 0 Å². The van der Waals surface area contributed by atoms with Crippen LogP contribution >= 0.6 is 0 Å². The van der Waals surface area contributed by atoms with E-state index in [9.17, 15) is 14.3 Å². The molecule has 3 aromatic carbocycles. The van der Waals surface area contributed by atoms with Crippen LogP contribution < -0.4 is 20.5 Å². The Morgan fingerprint density at radius 1 is 1.17 bits per heavy atom. The van der Waals surface area contributed by atoms with E-state index < -0.39 is 17.3 Å². The summed E-state index contributed by atoms with van der Waals surface area (Å²) < 4.78 is 25.2. The number of hydrogen-bond acceptors (Lipinski definition) is 8. The average Bonchev–Trinajstić information content (AvgIpc) is 3.35. The van der Waals surface area contributed by atoms with Gasteiger partial charge in [-0.15, -0.1) is 0 Å². The maximum Gasteiger partial charge on any atom is 0.249 e. The van der Waals surface area contributed by atoms with E-state index in [-0.39, 0.29) is 6.04 Å². The molecule has 1 fully saturated rings. The number of nitrogens with one attached hydrogen (secondary N) is 1. The highest BCUT2D eigenvalue weighted by atomic mass is 19.1. The van der Waals surface area contributed by atoms with Crippen LogP contribution in [-0.2, 0) is 10.4 Å². The first-order chi connectivity index (χ1) is 20.0. The molecule has 4 N–H and O–H groups in total. The molecule has 0 spiro atoms. The van der Waals surface area contributed by atoms with E-state index in [1.54, 1.807) is 56.3 Å². The lowest BCUT2D eigenvalue weighted by Crippen LogP contribution is -2.25. The maximum absolute atomic E-state index is 13.7. The zero-order chi connectivity index (χ0) is 30.0. The smallest absolute Gasteiger partial charge is 0.249 e. The largest absolute Gasteiger partial charge is 0.496 e. The van der Waals surface area contributed by atoms with Crippen LogP contribution in [0, 0.1) is 5.82 Å². The van der Waals surface area contributed by atoms with Crippen LogP contribution in [0.1, 0.15) is 37.8 Å². The van der Waals surface area contributed by atoms with Crippen molar-refractivity contribution in [2.45, 2.75) is 38.3 Å². The quantitative estimate of drug-likeness (QED) is 0.225. The van der Waals surface area contributed by atoms with Crippen molar-refractivity contribution in [2.75, 3.05) is 26.0 Å². The van der Waals surface area contributed by atoms with Gasteiger partial charge in [-0.2, -0.15) is 0 Å². The molecule has 0 saturated carbocycles. The van der Waals surface area contributed by atoms with Crippen molar-refractivity contribution in [1.29, 1.82) is 0 Å². The summed E-state index contributed by atoms with van der Waals surface area (Å²) in [5.41, 5.74) is 7.20. The maximum atomic E-state index is 13.7. The summed E-state index contributed by atoms with van der Waals surface area (Å²) in [6.45, 7) is 4.26. The Hall–Kier alpha value is -4.54. The molecule has 1 saturated heterocycles. The van der Waals surface area contributed by atoms with Gasteiger partial charge < -0.3 is 25.6 Å². The number of nitrogens with zero attached hydrogens (tertiary/aromatic N) is 3. The second-order valence-corrected chi connectivity index (χ2v) is 10.9. The molecule has 1 unspecified atom stereocenters. The summed E-state index contributed by atoms with van der Waals surface area (Å²) in [4.78, 5) is 23.8. The minimum atomic E-state index is -1.27. The Morgan fingerprint density at radius 3 is 2.62 bits per heavy atom. The Morgan fingerprint density at radius 2 is 1.95 bits per heavy atom. The van der Waals surface area contributed by atoms with Crippen LogP contribution in [0.25, 0.3) is 16.5 Å². The molecule has 1 atom stereocenters. The molecule has 1 aliphatic heterocycles. The number of methoxy groups -OCH3 is 1. The molecular weight excluding hydrogens is 537 g/mol. The summed E-state index contributed by atoms with van der Waals surface area (Å²) in [5, 5.41) is 15.0. The minimum absolute atomic E-state index is 0.0833. The molecule has 0 radical (unpaired) electrons. The highest BCUT2D eigenvalue weighted by molar-refractivity contribution is 6.20. The first-order valence-corrected chi connectivity index (χ1v) is 13.7. The average molecular weight is 572 g/mol. The van der Waals surface area contributed by atoms with Crippen molar-refractivity contribution in [2.24, 2.45) is 5.73 Å². The predicted octanol–water partition coefficient (Wildman–Crippen LogP) is 5.50. The summed E-state index contributed by atoms with van der Waals surface area (Å²) in [5.74, 6) is 0.713. The lowest BCUT2D eigenvalue weighted by Gasteiger charge is -2.23. The van der Waals surface area contributed by atoms with E-state index in [0.717, 1.165) is 19.4 Å². The number of likely N-dealkylation sites (tertiary alicyclic amines) is 1. The van der Waals surface area contributed by atoms with Crippen LogP contribution in [0.15, 0.2) is 67.0 Å². The summed E-state index contributed by atoms with van der Waals surface area (Å²) in [7, 11) is 3.56. The van der Waals surface area contributed by atoms with E-state index >= 15 is 0 Å². The number of carbonyl (C=O) groups excluding carboxylic acids is 1. The molecule has 2 heterocycles. The Kier molecular flexibility index (Phi) is 8.11. The highest BCUT2D eigenvalue weighted by Gasteiger charge is 2.25. The van der Waals surface area contributed by atoms with Gasteiger partial charge in [0, 0.05) is 45.9 Å². The summed E-state index contributed by atoms with van der Waals surface area (Å²) in [6.07, 6.45) is 5.29. The third kappa shape index (κ3) is 6.19. The number of nitrogens with two attached hydrogens (primary N) is 1. The predicted molar refractivity (Wildman–Crippen MR) is 160 cm³/mol. The lowest BCUT2D eigenvalue weighted by molar-refractivity contribution is -0.112. The first kappa shape index (κ1) is 29.0. The third-order valence-corrected chi connectivity index (χ3v) is 7.38. The molecule has 1 aromatic heterocycles. The lowest BCUT2D eigenvalue weighted by atomic mass is 9.95. The topological polar surface area (TPSA) is 123 Å². The first-order valence-electron chi connectivity index (χ1n) is 13.7. The van der Waals surface area contributed by atoms with Gasteiger partial charge in [-0.05, 0) is 76.7 Å². The molecule has 1 amide bonds. The molecule has 4 aromatic rings. The molecule has 9 nitrogen and oxygen atoms in total. The second-order valence-electron chi connectivity index (χ2n) is 10.9. The number of primary amides is 1. The van der Waals surface area contributed by atoms with Crippen molar-refractivity contribution in [3.63, 3.8) is 0 Å². The number of aromatic nitrogens is 2. The fraction of sp³-hybridized carbons (Fsp3) is 0.281. The summed E-state index contributed by atoms with van der Waals surface area (Å²) >= 11 is 0. The Bertz CT molecular complexity index is 1670. The second kappa shape index (κ2) is 11.8. The Labute approximate surface area is 243 Å². The normalized spacial score (nSPS) is 16.0. The van der Waals surface area contributed by atoms with Crippen molar-refractivity contribution in [1.82, 2.24) is 14.9 Å². The van der Waals surface area contributed by atoms with Crippen LogP contribution in [0.5, 0.6) is 17.2 Å². The monoisotopic (exact) mass is 571 g/mol. The van der Waals surface area contributed by atoms with Crippen LogP contribution in [0.2, 0.25) is 0 Å². The van der Waals surface area contributed by atoms with E-state index in [0.29, 0.717) is 56.4 Å². The van der Waals surface area contributed by atoms with Crippen molar-refractivity contribution in [3.8, 4) is 17.2 Å². The molecule has 0 bridgehead atoms. The number of hydrogen-bond donors (Lipinski definition) is 3. The van der Waals surface area contributed by atoms with Crippen molar-refractivity contribution >= 4 is 33.9 Å². The molecule has 5 rings (SSSR count). The summed E-state index contributed by atoms with van der Waals surface area (Å²) in [6, 6.07) is 14.6. The van der Waals surface area contributed by atoms with Crippen LogP contribution in [-0.4, -0.2) is 52.6 Å². The molecule has 0 aliphatic carbocycles. The fourth-order valence-electron chi connectivity index (χ4n) is 5.20. The van der Waals surface area contributed by atoms with E-state index in [4.69, 9.17) is 15.2 Å². The van der Waals surface area contributed by atoms with E-state index in [1.807, 2.05) is 13.1 Å². The minimum Gasteiger partial charge on any atom is -0.496 e. The van der Waals surface area contributed by atoms with Gasteiger partial charge in [0.2, 0.25) is 5.91 Å². The number of likely N-dealkylation sites (N-methyl/N-ethyl adjacent to an activating group) is 1. The van der Waals surface area contributed by atoms with E-state index in [1.165, 1.54) is 25.6 Å². The molecule has 42 heavy (non-hydrogen) atoms. The molecule has 10 heteroatoms. The SMILES string of the molecule is COc1cc2ncnc(Nc3ccc(Oc4cccc(F)c4)cc3C(C)(C)O)c2cc1C(=CC1CCCN1C)C(N)=O. The van der Waals surface area contributed by atoms with Gasteiger partial charge in [0.1, 0.15) is 35.2 Å². The number of carbonyl (C=O) groups is 1. The van der Waals surface area contributed by atoms with Gasteiger partial charge in [0.05, 0.1) is 18.2 Å². The molecule has 218 valence electrons. The number of fused-ring (bicyclic) bond motifs is 1. The van der Waals surface area contributed by atoms with Crippen LogP contribution in [0.3, 0.4) is 0 Å². The van der Waals surface area contributed by atoms with Gasteiger partial charge in [-0.3, -0.25) is 9.69 Å². The number of anilines is 2. The molecular formula is C32H34FN5O4. The number of aliphatic hydroxyl groups is 1. The van der Waals surface area contributed by atoms with Gasteiger partial charge >= 0.3 is 0 Å². The number of halogens is 1. The number of benzene rings is 3. The fourth-order valence-corrected chi connectivity index (χ4v) is 5.20. The Balaban J connectivity index is 1.57. The van der Waals surface area contributed by atoms with Crippen LogP contribution in [0.4, 0.5) is 15.9 Å². The van der Waals surface area contributed by atoms with E-state index in [2.05, 4.69) is 20.2 Å². The zero-order valence-electron chi connectivity index (χ0n) is 24.0. The van der Waals surface area contributed by atoms with Crippen molar-refractivity contribution < 1.29 is 23.8 Å². The number of amides is 1. The van der Waals surface area contributed by atoms with Gasteiger partial charge in [-0.1, -0.05) is 12.1 Å². The number of rotatable bonds is 9. The standard InChI is InChI=1S/C32H34FN5O4/c1-32(2,40)26-15-22(42-21-9-5-7-19(33)13-21)10-11-27(26)37-31-25-16-23(29(41-4)17-28(25)35-18-36-31)24(30(34)39)14-20-8-6-12-38(20)3/h5,7,9-11,13-18,20,40H,6,8,12H2,1-4H3,(H2,34,39)(H,35,36,37). The number of ether oxygens (including phenoxy) is 2. The highest BCUT2D eigenvalue weighted by Crippen LogP contribution is 2.38. The van der Waals surface area contributed by atoms with Crippen molar-refractivity contribution in [3.05, 3.63) is 83.9 Å². The van der Waals surface area contributed by atoms with Gasteiger partial charge in [0.25, 0.3) is 0 Å². The third-order valence-electron chi connectivity index (χ3n) is 7.38.